The zero-order valence-corrected chi connectivity index (χ0v) is 16.9. The maximum atomic E-state index is 5.60. The van der Waals surface area contributed by atoms with E-state index in [1.165, 1.54) is 16.8 Å². The van der Waals surface area contributed by atoms with E-state index >= 15 is 0 Å². The summed E-state index contributed by atoms with van der Waals surface area (Å²) in [5.74, 6) is 1.34. The molecule has 0 unspecified atom stereocenters. The second-order valence-electron chi connectivity index (χ2n) is 6.85. The first kappa shape index (κ1) is 19.5. The van der Waals surface area contributed by atoms with E-state index < -0.39 is 0 Å². The zero-order valence-electron chi connectivity index (χ0n) is 16.9. The molecule has 3 rings (SSSR count). The van der Waals surface area contributed by atoms with Gasteiger partial charge < -0.3 is 20.0 Å². The number of aromatic nitrogens is 1. The minimum atomic E-state index is 0.536. The van der Waals surface area contributed by atoms with E-state index in [9.17, 15) is 0 Å². The maximum Gasteiger partial charge on any atom is 0.226 e. The Morgan fingerprint density at radius 3 is 2.32 bits per heavy atom. The fraction of sp³-hybridized carbons (Fsp3) is 0.273. The number of hydrogen-bond acceptors (Lipinski definition) is 4. The summed E-state index contributed by atoms with van der Waals surface area (Å²) in [5.41, 5.74) is 5.39. The lowest BCUT2D eigenvalue weighted by Crippen LogP contribution is -2.36. The van der Waals surface area contributed by atoms with Gasteiger partial charge >= 0.3 is 0 Å². The molecule has 0 atom stereocenters. The molecule has 0 aliphatic carbocycles. The van der Waals surface area contributed by atoms with Crippen molar-refractivity contribution in [2.24, 2.45) is 4.99 Å². The molecule has 0 bridgehead atoms. The molecule has 0 spiro atoms. The van der Waals surface area contributed by atoms with Crippen molar-refractivity contribution >= 4 is 11.6 Å². The fourth-order valence-corrected chi connectivity index (χ4v) is 2.71. The third-order valence-electron chi connectivity index (χ3n) is 4.42. The summed E-state index contributed by atoms with van der Waals surface area (Å²) in [6.07, 6.45) is 1.68. The first-order valence-corrected chi connectivity index (χ1v) is 9.27. The van der Waals surface area contributed by atoms with Crippen LogP contribution >= 0.6 is 0 Å². The molecule has 2 aromatic carbocycles. The molecule has 28 heavy (non-hydrogen) atoms. The quantitative estimate of drug-likeness (QED) is 0.508. The van der Waals surface area contributed by atoms with Gasteiger partial charge in [0.15, 0.2) is 5.96 Å². The van der Waals surface area contributed by atoms with Gasteiger partial charge in [0.2, 0.25) is 5.89 Å². The Bertz CT molecular complexity index is 911. The summed E-state index contributed by atoms with van der Waals surface area (Å²) in [4.78, 5) is 10.9. The van der Waals surface area contributed by atoms with Crippen molar-refractivity contribution in [3.63, 3.8) is 0 Å². The number of rotatable bonds is 6. The third-order valence-corrected chi connectivity index (χ3v) is 4.42. The fourth-order valence-electron chi connectivity index (χ4n) is 2.71. The molecular formula is C22H27N5O. The molecule has 6 heteroatoms. The van der Waals surface area contributed by atoms with E-state index in [1.54, 1.807) is 13.3 Å². The third kappa shape index (κ3) is 5.13. The average Bonchev–Trinajstić information content (AvgIpc) is 3.18. The van der Waals surface area contributed by atoms with Gasteiger partial charge in [-0.1, -0.05) is 29.8 Å². The highest BCUT2D eigenvalue weighted by atomic mass is 16.3. The minimum Gasteiger partial charge on any atom is -0.444 e. The lowest BCUT2D eigenvalue weighted by molar-refractivity contribution is 0.572. The molecule has 0 amide bonds. The van der Waals surface area contributed by atoms with Crippen LogP contribution in [0, 0.1) is 6.92 Å². The van der Waals surface area contributed by atoms with Crippen LogP contribution < -0.4 is 15.5 Å². The van der Waals surface area contributed by atoms with E-state index in [1.807, 2.05) is 38.4 Å². The van der Waals surface area contributed by atoms with Crippen LogP contribution in [0.5, 0.6) is 0 Å². The molecule has 0 radical (unpaired) electrons. The number of aliphatic imine (C=N–C) groups is 1. The molecule has 0 fully saturated rings. The molecule has 1 heterocycles. The van der Waals surface area contributed by atoms with E-state index in [-0.39, 0.29) is 0 Å². The zero-order chi connectivity index (χ0) is 19.9. The Kier molecular flexibility index (Phi) is 6.32. The predicted molar refractivity (Wildman–Crippen MR) is 114 cm³/mol. The highest BCUT2D eigenvalue weighted by molar-refractivity contribution is 5.79. The molecule has 0 aliphatic rings. The summed E-state index contributed by atoms with van der Waals surface area (Å²) < 4.78 is 5.60. The Balaban J connectivity index is 1.52. The van der Waals surface area contributed by atoms with Crippen LogP contribution in [-0.2, 0) is 13.1 Å². The number of guanidine groups is 1. The number of aryl methyl sites for hydroxylation is 1. The van der Waals surface area contributed by atoms with Crippen molar-refractivity contribution in [1.29, 1.82) is 0 Å². The lowest BCUT2D eigenvalue weighted by Gasteiger charge is -2.14. The van der Waals surface area contributed by atoms with Crippen molar-refractivity contribution in [2.45, 2.75) is 20.0 Å². The van der Waals surface area contributed by atoms with Crippen molar-refractivity contribution in [3.8, 4) is 11.5 Å². The number of nitrogens with one attached hydrogen (secondary N) is 2. The number of nitrogens with zero attached hydrogens (tertiary/aromatic N) is 3. The molecule has 2 N–H and O–H groups in total. The maximum absolute atomic E-state index is 5.60. The molecule has 146 valence electrons. The van der Waals surface area contributed by atoms with E-state index in [0.717, 1.165) is 17.2 Å². The molecule has 3 aromatic rings. The van der Waals surface area contributed by atoms with E-state index in [2.05, 4.69) is 56.7 Å². The number of benzene rings is 2. The van der Waals surface area contributed by atoms with Crippen LogP contribution in [0.15, 0.2) is 64.2 Å². The van der Waals surface area contributed by atoms with Crippen molar-refractivity contribution in [2.75, 3.05) is 26.0 Å². The normalized spacial score (nSPS) is 11.4. The first-order chi connectivity index (χ1) is 13.5. The van der Waals surface area contributed by atoms with Crippen LogP contribution in [0.2, 0.25) is 0 Å². The van der Waals surface area contributed by atoms with Gasteiger partial charge in [0, 0.05) is 38.9 Å². The monoisotopic (exact) mass is 377 g/mol. The summed E-state index contributed by atoms with van der Waals surface area (Å²) in [6.45, 7) is 3.29. The Labute approximate surface area is 166 Å². The van der Waals surface area contributed by atoms with Crippen LogP contribution in [-0.4, -0.2) is 32.1 Å². The van der Waals surface area contributed by atoms with Gasteiger partial charge in [0.25, 0.3) is 0 Å². The topological polar surface area (TPSA) is 65.7 Å². The van der Waals surface area contributed by atoms with Crippen molar-refractivity contribution in [1.82, 2.24) is 15.6 Å². The lowest BCUT2D eigenvalue weighted by atomic mass is 10.1. The van der Waals surface area contributed by atoms with Gasteiger partial charge in [-0.3, -0.25) is 4.99 Å². The van der Waals surface area contributed by atoms with Gasteiger partial charge in [-0.25, -0.2) is 4.98 Å². The minimum absolute atomic E-state index is 0.536. The standard InChI is InChI=1S/C22H27N5O/c1-16-5-9-18(10-6-16)21-26-19(15-28-21)14-25-22(23-2)24-13-17-7-11-20(12-8-17)27(3)4/h5-12,15H,13-14H2,1-4H3,(H2,23,24,25). The highest BCUT2D eigenvalue weighted by Gasteiger charge is 2.07. The molecule has 1 aromatic heterocycles. The van der Waals surface area contributed by atoms with Gasteiger partial charge in [-0.05, 0) is 36.8 Å². The van der Waals surface area contributed by atoms with Gasteiger partial charge in [0.1, 0.15) is 6.26 Å². The summed E-state index contributed by atoms with van der Waals surface area (Å²) >= 11 is 0. The van der Waals surface area contributed by atoms with Gasteiger partial charge in [-0.2, -0.15) is 0 Å². The second kappa shape index (κ2) is 9.08. The molecule has 6 nitrogen and oxygen atoms in total. The smallest absolute Gasteiger partial charge is 0.226 e. The molecular weight excluding hydrogens is 350 g/mol. The Morgan fingerprint density at radius 1 is 1.00 bits per heavy atom. The summed E-state index contributed by atoms with van der Waals surface area (Å²) in [5, 5.41) is 6.58. The Morgan fingerprint density at radius 2 is 1.68 bits per heavy atom. The van der Waals surface area contributed by atoms with Crippen molar-refractivity contribution < 1.29 is 4.42 Å². The van der Waals surface area contributed by atoms with Crippen molar-refractivity contribution in [3.05, 3.63) is 71.6 Å². The second-order valence-corrected chi connectivity index (χ2v) is 6.85. The number of oxazole rings is 1. The molecule has 0 aliphatic heterocycles. The van der Waals surface area contributed by atoms with Crippen LogP contribution in [0.4, 0.5) is 5.69 Å². The number of anilines is 1. The summed E-state index contributed by atoms with van der Waals surface area (Å²) in [7, 11) is 5.82. The van der Waals surface area contributed by atoms with Crippen LogP contribution in [0.3, 0.4) is 0 Å². The number of hydrogen-bond donors (Lipinski definition) is 2. The van der Waals surface area contributed by atoms with Crippen LogP contribution in [0.1, 0.15) is 16.8 Å². The van der Waals surface area contributed by atoms with Crippen LogP contribution in [0.25, 0.3) is 11.5 Å². The summed E-state index contributed by atoms with van der Waals surface area (Å²) in [6, 6.07) is 16.6. The average molecular weight is 377 g/mol. The SMILES string of the molecule is CN=C(NCc1ccc(N(C)C)cc1)NCc1coc(-c2ccc(C)cc2)n1. The molecule has 0 saturated heterocycles. The Hall–Kier alpha value is -3.28. The van der Waals surface area contributed by atoms with E-state index in [4.69, 9.17) is 4.42 Å². The predicted octanol–water partition coefficient (Wildman–Crippen LogP) is 3.58. The first-order valence-electron chi connectivity index (χ1n) is 9.27. The largest absolute Gasteiger partial charge is 0.444 e. The highest BCUT2D eigenvalue weighted by Crippen LogP contribution is 2.19. The van der Waals surface area contributed by atoms with Gasteiger partial charge in [0.05, 0.1) is 12.2 Å². The van der Waals surface area contributed by atoms with Gasteiger partial charge in [-0.15, -0.1) is 0 Å². The molecule has 0 saturated carbocycles. The van der Waals surface area contributed by atoms with E-state index in [0.29, 0.717) is 19.0 Å².